The number of carbonyl (C=O) groups is 2. The van der Waals surface area contributed by atoms with Gasteiger partial charge < -0.3 is 10.6 Å². The van der Waals surface area contributed by atoms with Gasteiger partial charge in [0.15, 0.2) is 0 Å². The summed E-state index contributed by atoms with van der Waals surface area (Å²) in [5.74, 6) is -1.43. The van der Waals surface area contributed by atoms with Crippen LogP contribution in [0.3, 0.4) is 0 Å². The summed E-state index contributed by atoms with van der Waals surface area (Å²) in [5.41, 5.74) is 3.44. The first kappa shape index (κ1) is 23.6. The normalized spacial score (nSPS) is 11.4. The van der Waals surface area contributed by atoms with Crippen molar-refractivity contribution in [2.75, 3.05) is 25.0 Å². The highest BCUT2D eigenvalue weighted by Gasteiger charge is 2.21. The van der Waals surface area contributed by atoms with Gasteiger partial charge in [-0.1, -0.05) is 32.0 Å². The van der Waals surface area contributed by atoms with E-state index in [9.17, 15) is 18.0 Å². The second-order valence-corrected chi connectivity index (χ2v) is 9.01. The molecule has 0 aliphatic rings. The second kappa shape index (κ2) is 10.4. The molecular formula is C22H29N3O4S. The van der Waals surface area contributed by atoms with E-state index in [1.165, 1.54) is 4.31 Å². The Morgan fingerprint density at radius 1 is 0.900 bits per heavy atom. The number of nitrogens with one attached hydrogen (secondary N) is 2. The predicted molar refractivity (Wildman–Crippen MR) is 118 cm³/mol. The second-order valence-electron chi connectivity index (χ2n) is 7.07. The van der Waals surface area contributed by atoms with Crippen LogP contribution in [0, 0.1) is 13.8 Å². The van der Waals surface area contributed by atoms with Gasteiger partial charge in [0, 0.05) is 25.3 Å². The molecule has 0 saturated carbocycles. The third-order valence-corrected chi connectivity index (χ3v) is 6.72. The lowest BCUT2D eigenvalue weighted by atomic mass is 10.1. The van der Waals surface area contributed by atoms with Crippen molar-refractivity contribution in [3.63, 3.8) is 0 Å². The smallest absolute Gasteiger partial charge is 0.313 e. The number of amides is 2. The van der Waals surface area contributed by atoms with Crippen molar-refractivity contribution in [3.05, 3.63) is 59.2 Å². The van der Waals surface area contributed by atoms with E-state index in [4.69, 9.17) is 0 Å². The zero-order valence-corrected chi connectivity index (χ0v) is 18.7. The van der Waals surface area contributed by atoms with Crippen molar-refractivity contribution >= 4 is 27.5 Å². The molecule has 0 aliphatic heterocycles. The van der Waals surface area contributed by atoms with Crippen LogP contribution in [0.1, 0.15) is 30.5 Å². The fourth-order valence-electron chi connectivity index (χ4n) is 3.18. The fraction of sp³-hybridized carbons (Fsp3) is 0.364. The molecule has 2 aromatic rings. The van der Waals surface area contributed by atoms with E-state index in [-0.39, 0.29) is 11.4 Å². The number of anilines is 1. The molecule has 30 heavy (non-hydrogen) atoms. The van der Waals surface area contributed by atoms with Crippen LogP contribution in [0.15, 0.2) is 47.4 Å². The number of sulfonamides is 1. The SMILES string of the molecule is CCN(CC)S(=O)(=O)c1ccc(CCNC(=O)C(=O)Nc2cc(C)cc(C)c2)cc1. The molecule has 2 aromatic carbocycles. The maximum absolute atomic E-state index is 12.5. The average Bonchev–Trinajstić information content (AvgIpc) is 2.68. The molecule has 0 radical (unpaired) electrons. The van der Waals surface area contributed by atoms with E-state index in [0.29, 0.717) is 25.2 Å². The number of rotatable bonds is 8. The Labute approximate surface area is 178 Å². The Morgan fingerprint density at radius 2 is 1.47 bits per heavy atom. The molecule has 2 rings (SSSR count). The predicted octanol–water partition coefficient (Wildman–Crippen LogP) is 2.63. The molecule has 0 unspecified atom stereocenters. The summed E-state index contributed by atoms with van der Waals surface area (Å²) in [7, 11) is -3.49. The van der Waals surface area contributed by atoms with Crippen molar-refractivity contribution in [3.8, 4) is 0 Å². The third-order valence-electron chi connectivity index (χ3n) is 4.65. The summed E-state index contributed by atoms with van der Waals surface area (Å²) >= 11 is 0. The molecule has 0 aromatic heterocycles. The lowest BCUT2D eigenvalue weighted by Crippen LogP contribution is -2.36. The van der Waals surface area contributed by atoms with Crippen molar-refractivity contribution in [1.82, 2.24) is 9.62 Å². The minimum Gasteiger partial charge on any atom is -0.347 e. The quantitative estimate of drug-likeness (QED) is 0.628. The molecule has 8 heteroatoms. The summed E-state index contributed by atoms with van der Waals surface area (Å²) in [4.78, 5) is 24.3. The van der Waals surface area contributed by atoms with Crippen LogP contribution >= 0.6 is 0 Å². The summed E-state index contributed by atoms with van der Waals surface area (Å²) < 4.78 is 26.4. The van der Waals surface area contributed by atoms with Gasteiger partial charge in [-0.2, -0.15) is 4.31 Å². The maximum atomic E-state index is 12.5. The van der Waals surface area contributed by atoms with E-state index < -0.39 is 21.8 Å². The fourth-order valence-corrected chi connectivity index (χ4v) is 4.63. The molecule has 0 atom stereocenters. The highest BCUT2D eigenvalue weighted by Crippen LogP contribution is 2.16. The highest BCUT2D eigenvalue weighted by atomic mass is 32.2. The van der Waals surface area contributed by atoms with E-state index in [2.05, 4.69) is 10.6 Å². The van der Waals surface area contributed by atoms with Gasteiger partial charge in [-0.25, -0.2) is 8.42 Å². The van der Waals surface area contributed by atoms with Crippen molar-refractivity contribution in [2.45, 2.75) is 39.0 Å². The summed E-state index contributed by atoms with van der Waals surface area (Å²) in [5, 5.41) is 5.18. The Morgan fingerprint density at radius 3 is 2.00 bits per heavy atom. The van der Waals surface area contributed by atoms with Crippen LogP contribution in [-0.4, -0.2) is 44.2 Å². The van der Waals surface area contributed by atoms with E-state index in [0.717, 1.165) is 16.7 Å². The minimum absolute atomic E-state index is 0.242. The van der Waals surface area contributed by atoms with Gasteiger partial charge in [0.1, 0.15) is 0 Å². The Hall–Kier alpha value is -2.71. The van der Waals surface area contributed by atoms with Crippen LogP contribution < -0.4 is 10.6 Å². The Bertz CT molecular complexity index is 977. The van der Waals surface area contributed by atoms with Gasteiger partial charge in [0.2, 0.25) is 10.0 Å². The van der Waals surface area contributed by atoms with Gasteiger partial charge in [-0.05, 0) is 61.2 Å². The average molecular weight is 432 g/mol. The number of hydrogen-bond donors (Lipinski definition) is 2. The van der Waals surface area contributed by atoms with E-state index >= 15 is 0 Å². The van der Waals surface area contributed by atoms with Crippen molar-refractivity contribution in [1.29, 1.82) is 0 Å². The lowest BCUT2D eigenvalue weighted by Gasteiger charge is -2.18. The van der Waals surface area contributed by atoms with E-state index in [1.807, 2.05) is 19.9 Å². The van der Waals surface area contributed by atoms with E-state index in [1.54, 1.807) is 50.2 Å². The van der Waals surface area contributed by atoms with Crippen LogP contribution in [0.4, 0.5) is 5.69 Å². The van der Waals surface area contributed by atoms with Gasteiger partial charge >= 0.3 is 11.8 Å². The van der Waals surface area contributed by atoms with Gasteiger partial charge in [-0.3, -0.25) is 9.59 Å². The number of benzene rings is 2. The van der Waals surface area contributed by atoms with Gasteiger partial charge in [0.25, 0.3) is 0 Å². The van der Waals surface area contributed by atoms with Crippen LogP contribution in [-0.2, 0) is 26.0 Å². The Balaban J connectivity index is 1.89. The molecule has 0 spiro atoms. The topological polar surface area (TPSA) is 95.6 Å². The molecule has 0 saturated heterocycles. The highest BCUT2D eigenvalue weighted by molar-refractivity contribution is 7.89. The molecule has 162 valence electrons. The molecule has 0 bridgehead atoms. The summed E-state index contributed by atoms with van der Waals surface area (Å²) in [6.07, 6.45) is 0.480. The minimum atomic E-state index is -3.49. The van der Waals surface area contributed by atoms with Gasteiger partial charge in [-0.15, -0.1) is 0 Å². The summed E-state index contributed by atoms with van der Waals surface area (Å²) in [6, 6.07) is 12.2. The lowest BCUT2D eigenvalue weighted by molar-refractivity contribution is -0.136. The maximum Gasteiger partial charge on any atom is 0.313 e. The molecular weight excluding hydrogens is 402 g/mol. The third kappa shape index (κ3) is 6.14. The molecule has 0 fully saturated rings. The number of carbonyl (C=O) groups excluding carboxylic acids is 2. The standard InChI is InChI=1S/C22H29N3O4S/c1-5-25(6-2)30(28,29)20-9-7-18(8-10-20)11-12-23-21(26)22(27)24-19-14-16(3)13-17(4)15-19/h7-10,13-15H,5-6,11-12H2,1-4H3,(H,23,26)(H,24,27). The molecule has 2 N–H and O–H groups in total. The van der Waals surface area contributed by atoms with Crippen molar-refractivity contribution < 1.29 is 18.0 Å². The molecule has 0 aliphatic carbocycles. The number of hydrogen-bond acceptors (Lipinski definition) is 4. The zero-order valence-electron chi connectivity index (χ0n) is 17.9. The first-order chi connectivity index (χ1) is 14.2. The van der Waals surface area contributed by atoms with Crippen LogP contribution in [0.5, 0.6) is 0 Å². The number of aryl methyl sites for hydroxylation is 2. The molecule has 0 heterocycles. The Kier molecular flexibility index (Phi) is 8.14. The van der Waals surface area contributed by atoms with Crippen LogP contribution in [0.2, 0.25) is 0 Å². The summed E-state index contributed by atoms with van der Waals surface area (Å²) in [6.45, 7) is 8.53. The monoisotopic (exact) mass is 431 g/mol. The largest absolute Gasteiger partial charge is 0.347 e. The van der Waals surface area contributed by atoms with Gasteiger partial charge in [0.05, 0.1) is 4.90 Å². The first-order valence-corrected chi connectivity index (χ1v) is 11.4. The van der Waals surface area contributed by atoms with Crippen molar-refractivity contribution in [2.24, 2.45) is 0 Å². The first-order valence-electron chi connectivity index (χ1n) is 9.94. The zero-order chi connectivity index (χ0) is 22.3. The van der Waals surface area contributed by atoms with Crippen LogP contribution in [0.25, 0.3) is 0 Å². The molecule has 7 nitrogen and oxygen atoms in total. The number of nitrogens with zero attached hydrogens (tertiary/aromatic N) is 1. The molecule has 2 amide bonds.